The fraction of sp³-hybridized carbons (Fsp3) is 0. The second-order valence-corrected chi connectivity index (χ2v) is 8.04. The van der Waals surface area contributed by atoms with Gasteiger partial charge in [0.2, 0.25) is 11.8 Å². The molecule has 0 fully saturated rings. The highest BCUT2D eigenvalue weighted by Gasteiger charge is 2.09. The average molecular weight is 417 g/mol. The molecule has 2 heterocycles. The van der Waals surface area contributed by atoms with E-state index in [1.807, 2.05) is 60.7 Å². The Kier molecular flexibility index (Phi) is 5.68. The molecule has 29 heavy (non-hydrogen) atoms. The van der Waals surface area contributed by atoms with Gasteiger partial charge in [-0.25, -0.2) is 9.97 Å². The number of thiazole rings is 2. The van der Waals surface area contributed by atoms with Crippen molar-refractivity contribution in [2.45, 2.75) is 0 Å². The van der Waals surface area contributed by atoms with Crippen molar-refractivity contribution in [2.75, 3.05) is 0 Å². The lowest BCUT2D eigenvalue weighted by atomic mass is 10.2. The van der Waals surface area contributed by atoms with Crippen LogP contribution in [0.1, 0.15) is 9.75 Å². The summed E-state index contributed by atoms with van der Waals surface area (Å²) in [6.45, 7) is 0. The summed E-state index contributed by atoms with van der Waals surface area (Å²) in [6, 6.07) is 19.5. The minimum Gasteiger partial charge on any atom is -0.492 e. The summed E-state index contributed by atoms with van der Waals surface area (Å²) in [4.78, 5) is 9.73. The van der Waals surface area contributed by atoms with E-state index in [-0.39, 0.29) is 11.8 Å². The minimum atomic E-state index is -0.00802. The molecule has 0 radical (unpaired) electrons. The zero-order valence-corrected chi connectivity index (χ0v) is 16.8. The van der Waals surface area contributed by atoms with Crippen LogP contribution in [0.3, 0.4) is 0 Å². The first-order chi connectivity index (χ1) is 14.2. The predicted molar refractivity (Wildman–Crippen MR) is 120 cm³/mol. The number of nitrogens with zero attached hydrogens (tertiary/aromatic N) is 2. The van der Waals surface area contributed by atoms with Crippen LogP contribution in [0.4, 0.5) is 0 Å². The highest BCUT2D eigenvalue weighted by atomic mass is 32.1. The Hall–Kier alpha value is -3.44. The van der Waals surface area contributed by atoms with Gasteiger partial charge < -0.3 is 10.2 Å². The molecular weight excluding hydrogens is 400 g/mol. The van der Waals surface area contributed by atoms with Crippen LogP contribution in [-0.4, -0.2) is 20.2 Å². The van der Waals surface area contributed by atoms with Gasteiger partial charge in [0.25, 0.3) is 0 Å². The normalized spacial score (nSPS) is 10.8. The monoisotopic (exact) mass is 416 g/mol. The Balaban J connectivity index is 1.48. The third kappa shape index (κ3) is 4.52. The van der Waals surface area contributed by atoms with E-state index in [1.165, 1.54) is 22.7 Å². The van der Waals surface area contributed by atoms with Crippen LogP contribution in [0.2, 0.25) is 0 Å². The maximum absolute atomic E-state index is 10.0. The van der Waals surface area contributed by atoms with Crippen LogP contribution >= 0.6 is 22.7 Å². The Morgan fingerprint density at radius 3 is 1.83 bits per heavy atom. The Morgan fingerprint density at radius 2 is 1.24 bits per heavy atom. The molecule has 0 aliphatic heterocycles. The van der Waals surface area contributed by atoms with Gasteiger partial charge in [0.05, 0.1) is 9.75 Å². The minimum absolute atomic E-state index is 0.00802. The molecule has 0 amide bonds. The molecule has 0 atom stereocenters. The summed E-state index contributed by atoms with van der Waals surface area (Å²) in [6.07, 6.45) is 6.95. The zero-order chi connectivity index (χ0) is 20.1. The molecule has 4 aromatic rings. The van der Waals surface area contributed by atoms with Crippen LogP contribution in [0.25, 0.3) is 33.3 Å². The van der Waals surface area contributed by atoms with Crippen LogP contribution in [0.5, 0.6) is 11.8 Å². The summed E-state index contributed by atoms with van der Waals surface area (Å²) in [5.41, 5.74) is 4.95. The second kappa shape index (κ2) is 8.71. The van der Waals surface area contributed by atoms with Crippen LogP contribution in [0, 0.1) is 0 Å². The molecule has 0 saturated carbocycles. The maximum Gasteiger partial charge on any atom is 0.230 e. The molecular formula is C23H16N2O2S2. The molecule has 0 spiro atoms. The van der Waals surface area contributed by atoms with Crippen molar-refractivity contribution in [2.24, 2.45) is 0 Å². The summed E-state index contributed by atoms with van der Waals surface area (Å²) >= 11 is 2.82. The molecule has 0 bridgehead atoms. The predicted octanol–water partition coefficient (Wildman–Crippen LogP) is 6.23. The molecule has 0 unspecified atom stereocenters. The molecule has 142 valence electrons. The van der Waals surface area contributed by atoms with Gasteiger partial charge in [-0.3, -0.25) is 0 Å². The number of rotatable bonds is 5. The van der Waals surface area contributed by atoms with Gasteiger partial charge in [-0.15, -0.1) is 28.4 Å². The van der Waals surface area contributed by atoms with E-state index in [1.54, 1.807) is 24.3 Å². The second-order valence-electron chi connectivity index (χ2n) is 5.98. The van der Waals surface area contributed by atoms with Gasteiger partial charge in [0.1, 0.15) is 10.0 Å². The SMILES string of the molecule is Oc1nc(-c2ccccc2)sc1C=C=CC=Cc1sc(-c2ccccc2)nc1O. The van der Waals surface area contributed by atoms with Gasteiger partial charge >= 0.3 is 0 Å². The van der Waals surface area contributed by atoms with Crippen LogP contribution < -0.4 is 0 Å². The highest BCUT2D eigenvalue weighted by molar-refractivity contribution is 7.16. The van der Waals surface area contributed by atoms with Crippen molar-refractivity contribution in [3.05, 3.63) is 88.3 Å². The van der Waals surface area contributed by atoms with Crippen molar-refractivity contribution in [3.8, 4) is 32.9 Å². The smallest absolute Gasteiger partial charge is 0.230 e. The first-order valence-corrected chi connectivity index (χ1v) is 10.4. The molecule has 2 aromatic carbocycles. The Labute approximate surface area is 176 Å². The van der Waals surface area contributed by atoms with E-state index in [0.717, 1.165) is 21.1 Å². The number of aromatic nitrogens is 2. The molecule has 4 rings (SSSR count). The Bertz CT molecular complexity index is 1200. The van der Waals surface area contributed by atoms with Crippen molar-refractivity contribution in [3.63, 3.8) is 0 Å². The molecule has 6 heteroatoms. The summed E-state index contributed by atoms with van der Waals surface area (Å²) < 4.78 is 0. The zero-order valence-electron chi connectivity index (χ0n) is 15.2. The van der Waals surface area contributed by atoms with Gasteiger partial charge in [-0.05, 0) is 12.2 Å². The fourth-order valence-corrected chi connectivity index (χ4v) is 4.31. The van der Waals surface area contributed by atoms with Crippen molar-refractivity contribution < 1.29 is 10.2 Å². The molecule has 4 nitrogen and oxygen atoms in total. The number of benzene rings is 2. The summed E-state index contributed by atoms with van der Waals surface area (Å²) in [7, 11) is 0. The largest absolute Gasteiger partial charge is 0.492 e. The molecule has 0 saturated heterocycles. The number of hydrogen-bond donors (Lipinski definition) is 2. The topological polar surface area (TPSA) is 66.2 Å². The molecule has 0 aliphatic carbocycles. The van der Waals surface area contributed by atoms with Crippen molar-refractivity contribution >= 4 is 34.8 Å². The fourth-order valence-electron chi connectivity index (χ4n) is 2.57. The van der Waals surface area contributed by atoms with Gasteiger partial charge in [0.15, 0.2) is 0 Å². The third-order valence-corrected chi connectivity index (χ3v) is 6.06. The highest BCUT2D eigenvalue weighted by Crippen LogP contribution is 2.33. The van der Waals surface area contributed by atoms with Crippen LogP contribution in [-0.2, 0) is 0 Å². The quantitative estimate of drug-likeness (QED) is 0.299. The van der Waals surface area contributed by atoms with Crippen molar-refractivity contribution in [1.29, 1.82) is 0 Å². The molecule has 2 N–H and O–H groups in total. The molecule has 0 aliphatic rings. The number of hydrogen-bond acceptors (Lipinski definition) is 6. The maximum atomic E-state index is 10.0. The lowest BCUT2D eigenvalue weighted by Crippen LogP contribution is -1.72. The van der Waals surface area contributed by atoms with E-state index in [9.17, 15) is 10.2 Å². The van der Waals surface area contributed by atoms with Gasteiger partial charge in [-0.2, -0.15) is 0 Å². The van der Waals surface area contributed by atoms with E-state index < -0.39 is 0 Å². The lowest BCUT2D eigenvalue weighted by Gasteiger charge is -1.92. The summed E-state index contributed by atoms with van der Waals surface area (Å²) in [5, 5.41) is 21.6. The number of allylic oxidation sites excluding steroid dienone is 2. The van der Waals surface area contributed by atoms with Gasteiger partial charge in [0, 0.05) is 17.2 Å². The van der Waals surface area contributed by atoms with E-state index >= 15 is 0 Å². The Morgan fingerprint density at radius 1 is 0.724 bits per heavy atom. The van der Waals surface area contributed by atoms with E-state index in [0.29, 0.717) is 9.75 Å². The summed E-state index contributed by atoms with van der Waals surface area (Å²) in [5.74, 6) is 0.00132. The van der Waals surface area contributed by atoms with Crippen LogP contribution in [0.15, 0.2) is 78.5 Å². The van der Waals surface area contributed by atoms with E-state index in [4.69, 9.17) is 0 Å². The first-order valence-electron chi connectivity index (χ1n) is 8.80. The third-order valence-electron chi connectivity index (χ3n) is 3.96. The average Bonchev–Trinajstić information content (AvgIpc) is 3.32. The lowest BCUT2D eigenvalue weighted by molar-refractivity contribution is 0.456. The van der Waals surface area contributed by atoms with Crippen molar-refractivity contribution in [1.82, 2.24) is 9.97 Å². The first kappa shape index (κ1) is 18.9. The molecule has 2 aromatic heterocycles. The van der Waals surface area contributed by atoms with Gasteiger partial charge in [-0.1, -0.05) is 66.7 Å². The van der Waals surface area contributed by atoms with E-state index in [2.05, 4.69) is 15.7 Å². The number of aromatic hydroxyl groups is 2. The standard InChI is InChI=1S/C23H16N2O2S2/c26-20-18(28-22(24-20)16-10-4-1-5-11-16)14-8-3-9-15-19-21(27)25-23(29-19)17-12-6-2-7-13-17/h1-8,10-15,26-27H.